The molecule has 0 radical (unpaired) electrons. The van der Waals surface area contributed by atoms with Crippen LogP contribution in [0, 0.1) is 0 Å². The van der Waals surface area contributed by atoms with Crippen LogP contribution in [0.2, 0.25) is 0 Å². The van der Waals surface area contributed by atoms with Crippen molar-refractivity contribution in [3.05, 3.63) is 199 Å². The fraction of sp³-hybridized carbons (Fsp3) is 0.0545. The van der Waals surface area contributed by atoms with Crippen LogP contribution in [0.3, 0.4) is 0 Å². The molecule has 2 heterocycles. The summed E-state index contributed by atoms with van der Waals surface area (Å²) in [7, 11) is 0. The van der Waals surface area contributed by atoms with E-state index < -0.39 is 0 Å². The topological polar surface area (TPSA) is 16.4 Å². The third-order valence-electron chi connectivity index (χ3n) is 12.5. The van der Waals surface area contributed by atoms with Gasteiger partial charge in [-0.05, 0) is 98.8 Å². The summed E-state index contributed by atoms with van der Waals surface area (Å²) >= 11 is 1.85. The number of para-hydroxylation sites is 1. The van der Waals surface area contributed by atoms with E-state index in [0.29, 0.717) is 0 Å². The van der Waals surface area contributed by atoms with Gasteiger partial charge in [0, 0.05) is 64.5 Å². The van der Waals surface area contributed by atoms with Crippen molar-refractivity contribution in [2.24, 2.45) is 0 Å². The maximum atomic E-state index is 6.97. The molecule has 0 N–H and O–H groups in total. The van der Waals surface area contributed by atoms with Crippen molar-refractivity contribution >= 4 is 81.3 Å². The first-order chi connectivity index (χ1) is 28.5. The minimum Gasteiger partial charge on any atom is -0.455 e. The van der Waals surface area contributed by atoms with E-state index in [4.69, 9.17) is 4.42 Å². The van der Waals surface area contributed by atoms with Crippen molar-refractivity contribution in [1.82, 2.24) is 0 Å². The van der Waals surface area contributed by atoms with Crippen LogP contribution in [0.15, 0.2) is 192 Å². The van der Waals surface area contributed by atoms with Crippen LogP contribution < -0.4 is 4.90 Å². The molecule has 9 aromatic carbocycles. The first-order valence-electron chi connectivity index (χ1n) is 20.0. The summed E-state index contributed by atoms with van der Waals surface area (Å²) in [6.07, 6.45) is 0. The molecule has 0 atom stereocenters. The van der Waals surface area contributed by atoms with Gasteiger partial charge in [0.15, 0.2) is 0 Å². The first-order valence-corrected chi connectivity index (χ1v) is 20.8. The average Bonchev–Trinajstić information content (AvgIpc) is 3.92. The van der Waals surface area contributed by atoms with E-state index in [0.717, 1.165) is 44.7 Å². The fourth-order valence-corrected chi connectivity index (χ4v) is 10.6. The van der Waals surface area contributed by atoms with Gasteiger partial charge < -0.3 is 9.32 Å². The maximum Gasteiger partial charge on any atom is 0.143 e. The molecule has 0 amide bonds. The highest BCUT2D eigenvalue weighted by Crippen LogP contribution is 2.53. The Hall–Kier alpha value is -6.94. The van der Waals surface area contributed by atoms with Crippen LogP contribution >= 0.6 is 11.3 Å². The minimum absolute atomic E-state index is 0.0780. The Balaban J connectivity index is 0.975. The number of hydrogen-bond acceptors (Lipinski definition) is 3. The SMILES string of the molecule is CC1(C)c2ccccc2-c2c1ccc1c2oc2c(-c3ccc4cc(N(c5ccc(-c6ccccc6)cc5)c5ccc6sc7ccccc7c6c5)ccc4c3)cccc21. The Morgan fingerprint density at radius 1 is 0.414 bits per heavy atom. The predicted octanol–water partition coefficient (Wildman–Crippen LogP) is 16.2. The highest BCUT2D eigenvalue weighted by molar-refractivity contribution is 7.25. The lowest BCUT2D eigenvalue weighted by atomic mass is 9.82. The summed E-state index contributed by atoms with van der Waals surface area (Å²) < 4.78 is 9.58. The smallest absolute Gasteiger partial charge is 0.143 e. The molecule has 1 aliphatic carbocycles. The second-order valence-corrected chi connectivity index (χ2v) is 17.2. The average molecular weight is 760 g/mol. The van der Waals surface area contributed by atoms with Crippen molar-refractivity contribution in [2.45, 2.75) is 19.3 Å². The molecule has 12 rings (SSSR count). The molecule has 0 unspecified atom stereocenters. The monoisotopic (exact) mass is 759 g/mol. The predicted molar refractivity (Wildman–Crippen MR) is 247 cm³/mol. The van der Waals surface area contributed by atoms with Crippen LogP contribution in [-0.4, -0.2) is 0 Å². The van der Waals surface area contributed by atoms with Crippen LogP contribution in [-0.2, 0) is 5.41 Å². The zero-order valence-electron chi connectivity index (χ0n) is 32.2. The standard InChI is InChI=1S/C55H37NOS/c1-55(2)48-17-8-6-14-46(48)52-49(55)29-28-45-44-16-10-15-42(53(44)57-54(45)52)38-20-19-37-32-40(26-23-36(37)31-38)56(39-24-21-35(22-25-39)34-11-4-3-5-12-34)41-27-30-51-47(33-41)43-13-7-9-18-50(43)58-51/h3-33H,1-2H3. The molecule has 0 fully saturated rings. The van der Waals surface area contributed by atoms with Crippen LogP contribution in [0.5, 0.6) is 0 Å². The third kappa shape index (κ3) is 4.97. The number of benzene rings is 9. The van der Waals surface area contributed by atoms with Gasteiger partial charge in [-0.3, -0.25) is 0 Å². The fourth-order valence-electron chi connectivity index (χ4n) is 9.54. The number of hydrogen-bond donors (Lipinski definition) is 0. The van der Waals surface area contributed by atoms with E-state index in [1.54, 1.807) is 0 Å². The number of furan rings is 1. The van der Waals surface area contributed by atoms with Gasteiger partial charge in [-0.15, -0.1) is 11.3 Å². The molecule has 11 aromatic rings. The van der Waals surface area contributed by atoms with Crippen LogP contribution in [0.4, 0.5) is 17.1 Å². The molecule has 0 saturated carbocycles. The lowest BCUT2D eigenvalue weighted by Crippen LogP contribution is -2.14. The molecule has 58 heavy (non-hydrogen) atoms. The zero-order valence-corrected chi connectivity index (χ0v) is 33.0. The molecule has 0 spiro atoms. The van der Waals surface area contributed by atoms with E-state index in [1.807, 2.05) is 11.3 Å². The molecule has 3 heteroatoms. The van der Waals surface area contributed by atoms with Crippen molar-refractivity contribution in [3.8, 4) is 33.4 Å². The van der Waals surface area contributed by atoms with E-state index in [1.165, 1.54) is 69.7 Å². The third-order valence-corrected chi connectivity index (χ3v) is 13.6. The van der Waals surface area contributed by atoms with Crippen LogP contribution in [0.25, 0.3) is 86.3 Å². The van der Waals surface area contributed by atoms with Gasteiger partial charge in [0.2, 0.25) is 0 Å². The minimum atomic E-state index is -0.0780. The van der Waals surface area contributed by atoms with E-state index in [9.17, 15) is 0 Å². The number of thiophene rings is 1. The summed E-state index contributed by atoms with van der Waals surface area (Å²) in [5.41, 5.74) is 15.1. The van der Waals surface area contributed by atoms with Gasteiger partial charge in [-0.25, -0.2) is 0 Å². The molecular formula is C55H37NOS. The molecular weight excluding hydrogens is 723 g/mol. The number of anilines is 3. The second kappa shape index (κ2) is 12.5. The zero-order chi connectivity index (χ0) is 38.5. The number of nitrogens with zero attached hydrogens (tertiary/aromatic N) is 1. The molecule has 0 aliphatic heterocycles. The summed E-state index contributed by atoms with van der Waals surface area (Å²) in [6, 6.07) is 68.8. The number of fused-ring (bicyclic) bond motifs is 11. The Morgan fingerprint density at radius 3 is 1.95 bits per heavy atom. The summed E-state index contributed by atoms with van der Waals surface area (Å²) in [5, 5.41) is 7.27. The maximum absolute atomic E-state index is 6.97. The van der Waals surface area contributed by atoms with Gasteiger partial charge in [0.1, 0.15) is 11.2 Å². The molecule has 2 aromatic heterocycles. The molecule has 0 bridgehead atoms. The molecule has 274 valence electrons. The second-order valence-electron chi connectivity index (χ2n) is 16.1. The van der Waals surface area contributed by atoms with Crippen LogP contribution in [0.1, 0.15) is 25.0 Å². The first kappa shape index (κ1) is 33.2. The van der Waals surface area contributed by atoms with E-state index in [-0.39, 0.29) is 5.41 Å². The lowest BCUT2D eigenvalue weighted by Gasteiger charge is -2.26. The van der Waals surface area contributed by atoms with E-state index >= 15 is 0 Å². The van der Waals surface area contributed by atoms with Gasteiger partial charge >= 0.3 is 0 Å². The van der Waals surface area contributed by atoms with Crippen molar-refractivity contribution in [2.75, 3.05) is 4.90 Å². The van der Waals surface area contributed by atoms with Gasteiger partial charge in [-0.1, -0.05) is 147 Å². The Labute approximate surface area is 340 Å². The van der Waals surface area contributed by atoms with E-state index in [2.05, 4.69) is 207 Å². The van der Waals surface area contributed by atoms with Gasteiger partial charge in [0.25, 0.3) is 0 Å². The summed E-state index contributed by atoms with van der Waals surface area (Å²) in [5.74, 6) is 0. The lowest BCUT2D eigenvalue weighted by molar-refractivity contribution is 0.653. The highest BCUT2D eigenvalue weighted by Gasteiger charge is 2.37. The summed E-state index contributed by atoms with van der Waals surface area (Å²) in [4.78, 5) is 2.39. The summed E-state index contributed by atoms with van der Waals surface area (Å²) in [6.45, 7) is 4.64. The van der Waals surface area contributed by atoms with Crippen molar-refractivity contribution < 1.29 is 4.42 Å². The van der Waals surface area contributed by atoms with Gasteiger partial charge in [-0.2, -0.15) is 0 Å². The molecule has 0 saturated heterocycles. The Bertz CT molecular complexity index is 3420. The Morgan fingerprint density at radius 2 is 1.05 bits per heavy atom. The quantitative estimate of drug-likeness (QED) is 0.174. The van der Waals surface area contributed by atoms with Crippen molar-refractivity contribution in [3.63, 3.8) is 0 Å². The largest absolute Gasteiger partial charge is 0.455 e. The molecule has 1 aliphatic rings. The Kier molecular flexibility index (Phi) is 7.18. The number of rotatable bonds is 5. The van der Waals surface area contributed by atoms with Gasteiger partial charge in [0.05, 0.1) is 0 Å². The van der Waals surface area contributed by atoms with Crippen molar-refractivity contribution in [1.29, 1.82) is 0 Å². The normalized spacial score (nSPS) is 13.1. The molecule has 2 nitrogen and oxygen atoms in total. The highest BCUT2D eigenvalue weighted by atomic mass is 32.1.